The summed E-state index contributed by atoms with van der Waals surface area (Å²) in [6, 6.07) is 15.0. The van der Waals surface area contributed by atoms with Crippen molar-refractivity contribution in [3.8, 4) is 0 Å². The number of rotatable bonds is 2. The van der Waals surface area contributed by atoms with Crippen LogP contribution in [0, 0.1) is 3.57 Å². The molecular weight excluding hydrogens is 415 g/mol. The Morgan fingerprint density at radius 2 is 2.05 bits per heavy atom. The van der Waals surface area contributed by atoms with Gasteiger partial charge in [-0.3, -0.25) is 4.79 Å². The highest BCUT2D eigenvalue weighted by molar-refractivity contribution is 14.1. The van der Waals surface area contributed by atoms with Crippen LogP contribution in [-0.2, 0) is 9.53 Å². The number of hydrogen-bond acceptors (Lipinski definition) is 3. The first-order valence-corrected chi connectivity index (χ1v) is 8.07. The van der Waals surface area contributed by atoms with Gasteiger partial charge >= 0.3 is 0 Å². The molecule has 112 valence electrons. The lowest BCUT2D eigenvalue weighted by Crippen LogP contribution is -2.25. The van der Waals surface area contributed by atoms with Crippen molar-refractivity contribution >= 4 is 46.0 Å². The third-order valence-corrected chi connectivity index (χ3v) is 4.21. The fourth-order valence-corrected chi connectivity index (χ4v) is 2.97. The number of halogens is 2. The van der Waals surface area contributed by atoms with E-state index < -0.39 is 6.23 Å². The Morgan fingerprint density at radius 3 is 2.73 bits per heavy atom. The SMILES string of the molecule is CC(=O)N1N=C(c2ccccc2Cl)O[C@@H]1c1cccc(I)c1. The molecule has 0 spiro atoms. The predicted octanol–water partition coefficient (Wildman–Crippen LogP) is 4.18. The summed E-state index contributed by atoms with van der Waals surface area (Å²) in [7, 11) is 0. The van der Waals surface area contributed by atoms with Gasteiger partial charge in [-0.1, -0.05) is 35.9 Å². The minimum absolute atomic E-state index is 0.189. The summed E-state index contributed by atoms with van der Waals surface area (Å²) < 4.78 is 6.97. The molecule has 2 aromatic carbocycles. The van der Waals surface area contributed by atoms with Crippen molar-refractivity contribution in [1.29, 1.82) is 0 Å². The summed E-state index contributed by atoms with van der Waals surface area (Å²) >= 11 is 8.41. The normalized spacial score (nSPS) is 17.1. The van der Waals surface area contributed by atoms with Crippen molar-refractivity contribution in [1.82, 2.24) is 5.01 Å². The molecule has 0 unspecified atom stereocenters. The van der Waals surface area contributed by atoms with Gasteiger partial charge in [-0.15, -0.1) is 5.10 Å². The predicted molar refractivity (Wildman–Crippen MR) is 93.5 cm³/mol. The molecule has 1 aliphatic heterocycles. The molecule has 0 fully saturated rings. The zero-order chi connectivity index (χ0) is 15.7. The van der Waals surface area contributed by atoms with Gasteiger partial charge in [0.1, 0.15) is 0 Å². The molecule has 0 N–H and O–H groups in total. The number of amides is 1. The standard InChI is InChI=1S/C16H12ClIN2O2/c1-10(21)20-16(11-5-4-6-12(18)9-11)22-15(19-20)13-7-2-3-8-14(13)17/h2-9,16H,1H3/t16-/m1/s1. The van der Waals surface area contributed by atoms with E-state index in [-0.39, 0.29) is 5.91 Å². The number of hydrazone groups is 1. The lowest BCUT2D eigenvalue weighted by atomic mass is 10.2. The smallest absolute Gasteiger partial charge is 0.243 e. The summed E-state index contributed by atoms with van der Waals surface area (Å²) in [4.78, 5) is 11.9. The zero-order valence-electron chi connectivity index (χ0n) is 11.7. The Bertz CT molecular complexity index is 763. The van der Waals surface area contributed by atoms with Crippen molar-refractivity contribution in [3.05, 3.63) is 68.3 Å². The summed E-state index contributed by atoms with van der Waals surface area (Å²) in [5, 5.41) is 6.17. The highest BCUT2D eigenvalue weighted by Crippen LogP contribution is 2.32. The number of carbonyl (C=O) groups excluding carboxylic acids is 1. The van der Waals surface area contributed by atoms with Crippen molar-refractivity contribution in [2.75, 3.05) is 0 Å². The number of ether oxygens (including phenoxy) is 1. The van der Waals surface area contributed by atoms with Crippen LogP contribution in [-0.4, -0.2) is 16.8 Å². The van der Waals surface area contributed by atoms with Crippen LogP contribution in [0.15, 0.2) is 53.6 Å². The summed E-state index contributed by atoms with van der Waals surface area (Å²) in [5.74, 6) is 0.163. The first-order chi connectivity index (χ1) is 10.6. The number of hydrogen-bond donors (Lipinski definition) is 0. The molecule has 0 radical (unpaired) electrons. The van der Waals surface area contributed by atoms with Crippen LogP contribution in [0.25, 0.3) is 0 Å². The van der Waals surface area contributed by atoms with Crippen molar-refractivity contribution in [2.24, 2.45) is 5.10 Å². The quantitative estimate of drug-likeness (QED) is 0.676. The summed E-state index contributed by atoms with van der Waals surface area (Å²) in [6.45, 7) is 1.46. The Balaban J connectivity index is 1.99. The fourth-order valence-electron chi connectivity index (χ4n) is 2.19. The van der Waals surface area contributed by atoms with E-state index in [2.05, 4.69) is 27.7 Å². The van der Waals surface area contributed by atoms with Gasteiger partial charge in [-0.2, -0.15) is 5.01 Å². The van der Waals surface area contributed by atoms with Gasteiger partial charge in [0.05, 0.1) is 10.6 Å². The number of nitrogens with zero attached hydrogens (tertiary/aromatic N) is 2. The van der Waals surface area contributed by atoms with Crippen LogP contribution in [0.5, 0.6) is 0 Å². The van der Waals surface area contributed by atoms with Crippen molar-refractivity contribution in [3.63, 3.8) is 0 Å². The topological polar surface area (TPSA) is 41.9 Å². The largest absolute Gasteiger partial charge is 0.446 e. The van der Waals surface area contributed by atoms with E-state index >= 15 is 0 Å². The monoisotopic (exact) mass is 426 g/mol. The van der Waals surface area contributed by atoms with Crippen LogP contribution in [0.1, 0.15) is 24.3 Å². The minimum atomic E-state index is -0.571. The molecule has 1 aliphatic rings. The van der Waals surface area contributed by atoms with E-state index in [1.165, 1.54) is 11.9 Å². The maximum Gasteiger partial charge on any atom is 0.243 e. The molecule has 1 heterocycles. The molecule has 4 nitrogen and oxygen atoms in total. The van der Waals surface area contributed by atoms with Crippen molar-refractivity contribution < 1.29 is 9.53 Å². The Hall–Kier alpha value is -1.60. The molecular formula is C16H12ClIN2O2. The Kier molecular flexibility index (Phi) is 4.35. The maximum absolute atomic E-state index is 11.9. The first-order valence-electron chi connectivity index (χ1n) is 6.61. The fraction of sp³-hybridized carbons (Fsp3) is 0.125. The second-order valence-electron chi connectivity index (χ2n) is 4.77. The average molecular weight is 427 g/mol. The van der Waals surface area contributed by atoms with Gasteiger partial charge in [0.15, 0.2) is 0 Å². The van der Waals surface area contributed by atoms with Gasteiger partial charge in [-0.25, -0.2) is 0 Å². The summed E-state index contributed by atoms with van der Waals surface area (Å²) in [6.07, 6.45) is -0.571. The molecule has 3 rings (SSSR count). The van der Waals surface area contributed by atoms with E-state index in [0.29, 0.717) is 16.5 Å². The molecule has 0 aromatic heterocycles. The second kappa shape index (κ2) is 6.26. The zero-order valence-corrected chi connectivity index (χ0v) is 14.6. The third kappa shape index (κ3) is 2.96. The van der Waals surface area contributed by atoms with E-state index in [9.17, 15) is 4.79 Å². The maximum atomic E-state index is 11.9. The van der Waals surface area contributed by atoms with E-state index in [4.69, 9.17) is 16.3 Å². The van der Waals surface area contributed by atoms with E-state index in [1.54, 1.807) is 6.07 Å². The average Bonchev–Trinajstić information content (AvgIpc) is 2.93. The van der Waals surface area contributed by atoms with E-state index in [0.717, 1.165) is 9.13 Å². The van der Waals surface area contributed by atoms with Crippen LogP contribution < -0.4 is 0 Å². The molecule has 0 aliphatic carbocycles. The van der Waals surface area contributed by atoms with Crippen LogP contribution in [0.3, 0.4) is 0 Å². The number of carbonyl (C=O) groups is 1. The summed E-state index contributed by atoms with van der Waals surface area (Å²) in [5.41, 5.74) is 1.54. The third-order valence-electron chi connectivity index (χ3n) is 3.20. The molecule has 6 heteroatoms. The number of benzene rings is 2. The molecule has 22 heavy (non-hydrogen) atoms. The van der Waals surface area contributed by atoms with Gasteiger partial charge < -0.3 is 4.74 Å². The second-order valence-corrected chi connectivity index (χ2v) is 6.43. The molecule has 1 amide bonds. The molecule has 0 bridgehead atoms. The van der Waals surface area contributed by atoms with Crippen LogP contribution >= 0.6 is 34.2 Å². The first kappa shape index (κ1) is 15.3. The Labute approximate surface area is 146 Å². The molecule has 0 saturated heterocycles. The van der Waals surface area contributed by atoms with Gasteiger partial charge in [0, 0.05) is 16.1 Å². The lowest BCUT2D eigenvalue weighted by molar-refractivity contribution is -0.135. The van der Waals surface area contributed by atoms with Gasteiger partial charge in [0.2, 0.25) is 18.0 Å². The Morgan fingerprint density at radius 1 is 1.27 bits per heavy atom. The molecule has 1 atom stereocenters. The van der Waals surface area contributed by atoms with Crippen LogP contribution in [0.4, 0.5) is 0 Å². The molecule has 0 saturated carbocycles. The van der Waals surface area contributed by atoms with Crippen LogP contribution in [0.2, 0.25) is 5.02 Å². The lowest BCUT2D eigenvalue weighted by Gasteiger charge is -2.19. The van der Waals surface area contributed by atoms with Gasteiger partial charge in [-0.05, 0) is 46.9 Å². The highest BCUT2D eigenvalue weighted by atomic mass is 127. The van der Waals surface area contributed by atoms with Crippen molar-refractivity contribution in [2.45, 2.75) is 13.2 Å². The molecule has 2 aromatic rings. The van der Waals surface area contributed by atoms with Gasteiger partial charge in [0.25, 0.3) is 0 Å². The highest BCUT2D eigenvalue weighted by Gasteiger charge is 2.33. The van der Waals surface area contributed by atoms with E-state index in [1.807, 2.05) is 42.5 Å². The minimum Gasteiger partial charge on any atom is -0.446 e.